The first-order valence-electron chi connectivity index (χ1n) is 6.82. The maximum Gasteiger partial charge on any atom is 0.273 e. The number of amides is 1. The van der Waals surface area contributed by atoms with E-state index in [9.17, 15) is 0 Å². The van der Waals surface area contributed by atoms with Crippen LogP contribution in [0, 0.1) is 3.57 Å². The molecule has 0 bridgehead atoms. The number of primary amides is 1. The number of hydrogen-bond acceptors (Lipinski definition) is 3. The van der Waals surface area contributed by atoms with Gasteiger partial charge in [-0.1, -0.05) is 49.7 Å². The number of nitrogens with zero attached hydrogens (tertiary/aromatic N) is 1. The zero-order valence-electron chi connectivity index (χ0n) is 13.4. The normalized spacial score (nSPS) is 8.87. The van der Waals surface area contributed by atoms with Gasteiger partial charge in [0.25, 0.3) is 10.4 Å². The SMILES string of the molecule is CC.CCN(CC)C(=S)Oc1cc(Cl)c(I)cc1Cl.NC(=O)S. The van der Waals surface area contributed by atoms with E-state index in [4.69, 9.17) is 45.0 Å². The second kappa shape index (κ2) is 14.4. The predicted molar refractivity (Wildman–Crippen MR) is 115 cm³/mol. The molecule has 2 N–H and O–H groups in total. The lowest BCUT2D eigenvalue weighted by molar-refractivity contribution is 0.267. The number of halogens is 3. The third-order valence-corrected chi connectivity index (χ3v) is 4.35. The van der Waals surface area contributed by atoms with Crippen LogP contribution in [0.15, 0.2) is 12.1 Å². The van der Waals surface area contributed by atoms with Crippen LogP contribution in [0.5, 0.6) is 5.75 Å². The van der Waals surface area contributed by atoms with Crippen molar-refractivity contribution in [3.8, 4) is 5.75 Å². The molecule has 1 aromatic rings. The third kappa shape index (κ3) is 11.3. The predicted octanol–water partition coefficient (Wildman–Crippen LogP) is 5.62. The summed E-state index contributed by atoms with van der Waals surface area (Å²) in [5.41, 5.74) is 4.34. The van der Waals surface area contributed by atoms with E-state index in [1.165, 1.54) is 0 Å². The highest BCUT2D eigenvalue weighted by Gasteiger charge is 2.12. The molecule has 0 aliphatic rings. The van der Waals surface area contributed by atoms with Crippen LogP contribution in [0.4, 0.5) is 4.79 Å². The molecule has 0 spiro atoms. The molecule has 132 valence electrons. The molecule has 1 amide bonds. The van der Waals surface area contributed by atoms with E-state index in [0.29, 0.717) is 21.0 Å². The van der Waals surface area contributed by atoms with Gasteiger partial charge in [-0.2, -0.15) is 0 Å². The summed E-state index contributed by atoms with van der Waals surface area (Å²) in [5, 5.41) is 0.884. The summed E-state index contributed by atoms with van der Waals surface area (Å²) in [6, 6.07) is 3.44. The van der Waals surface area contributed by atoms with Crippen LogP contribution in [0.25, 0.3) is 0 Å². The summed E-state index contributed by atoms with van der Waals surface area (Å²) in [7, 11) is 0. The molecule has 0 heterocycles. The number of thiol groups is 1. The van der Waals surface area contributed by atoms with E-state index in [1.807, 2.05) is 32.6 Å². The van der Waals surface area contributed by atoms with Gasteiger partial charge in [0.05, 0.1) is 10.0 Å². The van der Waals surface area contributed by atoms with E-state index in [-0.39, 0.29) is 0 Å². The highest BCUT2D eigenvalue weighted by Crippen LogP contribution is 2.32. The largest absolute Gasteiger partial charge is 0.430 e. The third-order valence-electron chi connectivity index (χ3n) is 2.19. The number of ether oxygens (including phenoxy) is 1. The summed E-state index contributed by atoms with van der Waals surface area (Å²) in [6.45, 7) is 9.62. The number of benzene rings is 1. The smallest absolute Gasteiger partial charge is 0.273 e. The van der Waals surface area contributed by atoms with Crippen LogP contribution in [0.1, 0.15) is 27.7 Å². The van der Waals surface area contributed by atoms with Crippen molar-refractivity contribution in [2.45, 2.75) is 27.7 Å². The molecule has 23 heavy (non-hydrogen) atoms. The quantitative estimate of drug-likeness (QED) is 0.239. The Morgan fingerprint density at radius 1 is 1.30 bits per heavy atom. The van der Waals surface area contributed by atoms with Crippen molar-refractivity contribution in [3.05, 3.63) is 25.7 Å². The summed E-state index contributed by atoms with van der Waals surface area (Å²) >= 11 is 22.5. The molecular formula is C14H21Cl2IN2O2S2. The van der Waals surface area contributed by atoms with E-state index < -0.39 is 5.24 Å². The van der Waals surface area contributed by atoms with Gasteiger partial charge < -0.3 is 15.4 Å². The topological polar surface area (TPSA) is 55.6 Å². The lowest BCUT2D eigenvalue weighted by Gasteiger charge is -2.21. The van der Waals surface area contributed by atoms with Crippen molar-refractivity contribution in [1.29, 1.82) is 0 Å². The summed E-state index contributed by atoms with van der Waals surface area (Å²) in [6.07, 6.45) is 0. The first-order valence-corrected chi connectivity index (χ1v) is 9.51. The number of nitrogens with two attached hydrogens (primary N) is 1. The van der Waals surface area contributed by atoms with Gasteiger partial charge in [0.15, 0.2) is 0 Å². The fraction of sp³-hybridized carbons (Fsp3) is 0.429. The van der Waals surface area contributed by atoms with Crippen molar-refractivity contribution in [2.75, 3.05) is 13.1 Å². The molecule has 0 aromatic heterocycles. The highest BCUT2D eigenvalue weighted by molar-refractivity contribution is 14.1. The Morgan fingerprint density at radius 2 is 1.74 bits per heavy atom. The fourth-order valence-corrected chi connectivity index (χ4v) is 2.58. The first kappa shape index (κ1) is 25.3. The summed E-state index contributed by atoms with van der Waals surface area (Å²) < 4.78 is 6.45. The van der Waals surface area contributed by atoms with Crippen LogP contribution >= 0.6 is 70.6 Å². The molecule has 0 unspecified atom stereocenters. The Labute approximate surface area is 172 Å². The minimum Gasteiger partial charge on any atom is -0.430 e. The second-order valence-corrected chi connectivity index (χ2v) is 6.34. The van der Waals surface area contributed by atoms with Gasteiger partial charge in [0, 0.05) is 22.7 Å². The average molecular weight is 511 g/mol. The molecule has 0 aliphatic heterocycles. The van der Waals surface area contributed by atoms with Crippen molar-refractivity contribution in [3.63, 3.8) is 0 Å². The first-order chi connectivity index (χ1) is 10.7. The lowest BCUT2D eigenvalue weighted by atomic mass is 10.3. The molecule has 0 saturated carbocycles. The summed E-state index contributed by atoms with van der Waals surface area (Å²) in [5.74, 6) is 0.494. The van der Waals surface area contributed by atoms with Crippen LogP contribution in [-0.4, -0.2) is 28.4 Å². The number of carbonyl (C=O) groups is 1. The van der Waals surface area contributed by atoms with Crippen molar-refractivity contribution in [2.24, 2.45) is 5.73 Å². The zero-order valence-corrected chi connectivity index (χ0v) is 18.8. The molecule has 1 rings (SSSR count). The monoisotopic (exact) mass is 510 g/mol. The molecule has 0 aliphatic carbocycles. The van der Waals surface area contributed by atoms with Crippen LogP contribution < -0.4 is 10.5 Å². The molecule has 4 nitrogen and oxygen atoms in total. The zero-order chi connectivity index (χ0) is 18.6. The number of carbonyl (C=O) groups excluding carboxylic acids is 1. The number of hydrogen-bond donors (Lipinski definition) is 2. The molecule has 1 aromatic carbocycles. The van der Waals surface area contributed by atoms with Gasteiger partial charge in [0.2, 0.25) is 0 Å². The standard InChI is InChI=1S/C11H12Cl2INOS.C2H6.CH3NOS/c1-3-15(4-2)11(17)16-10-6-7(12)9(14)5-8(10)13;1-2;2-1(3)4/h5-6H,3-4H2,1-2H3;1-2H3;(H3,2,3,4). The van der Waals surface area contributed by atoms with Crippen LogP contribution in [0.3, 0.4) is 0 Å². The van der Waals surface area contributed by atoms with Gasteiger partial charge in [0.1, 0.15) is 5.75 Å². The van der Waals surface area contributed by atoms with E-state index >= 15 is 0 Å². The van der Waals surface area contributed by atoms with Crippen LogP contribution in [-0.2, 0) is 0 Å². The second-order valence-electron chi connectivity index (χ2n) is 3.58. The fourth-order valence-electron chi connectivity index (χ4n) is 1.22. The molecule has 9 heteroatoms. The molecular weight excluding hydrogens is 490 g/mol. The maximum atomic E-state index is 9.09. The Kier molecular flexibility index (Phi) is 15.8. The summed E-state index contributed by atoms with van der Waals surface area (Å²) in [4.78, 5) is 11.0. The van der Waals surface area contributed by atoms with E-state index in [0.717, 1.165) is 16.7 Å². The van der Waals surface area contributed by atoms with Crippen molar-refractivity contribution < 1.29 is 9.53 Å². The molecule has 0 atom stereocenters. The Balaban J connectivity index is 0. The Bertz CT molecular complexity index is 512. The van der Waals surface area contributed by atoms with Crippen molar-refractivity contribution in [1.82, 2.24) is 4.90 Å². The molecule has 0 saturated heterocycles. The van der Waals surface area contributed by atoms with Gasteiger partial charge in [-0.15, -0.1) is 0 Å². The number of rotatable bonds is 3. The van der Waals surface area contributed by atoms with Crippen LogP contribution in [0.2, 0.25) is 10.0 Å². The van der Waals surface area contributed by atoms with Gasteiger partial charge in [-0.25, -0.2) is 0 Å². The Morgan fingerprint density at radius 3 is 2.13 bits per heavy atom. The lowest BCUT2D eigenvalue weighted by Crippen LogP contribution is -2.32. The minimum atomic E-state index is -0.639. The van der Waals surface area contributed by atoms with E-state index in [2.05, 4.69) is 41.0 Å². The average Bonchev–Trinajstić information content (AvgIpc) is 2.47. The van der Waals surface area contributed by atoms with Gasteiger partial charge >= 0.3 is 0 Å². The Hall–Kier alpha value is 0.0400. The maximum absolute atomic E-state index is 9.09. The van der Waals surface area contributed by atoms with Gasteiger partial charge in [-0.3, -0.25) is 4.79 Å². The van der Waals surface area contributed by atoms with Gasteiger partial charge in [-0.05, 0) is 54.7 Å². The minimum absolute atomic E-state index is 0.411. The molecule has 0 radical (unpaired) electrons. The highest BCUT2D eigenvalue weighted by atomic mass is 127. The van der Waals surface area contributed by atoms with E-state index in [1.54, 1.807) is 12.1 Å². The molecule has 0 fully saturated rings. The number of thiocarbonyl (C=S) groups is 1. The van der Waals surface area contributed by atoms with Crippen molar-refractivity contribution >= 4 is 81.1 Å².